The third kappa shape index (κ3) is 3.08. The van der Waals surface area contributed by atoms with E-state index in [-0.39, 0.29) is 17.5 Å². The molecule has 0 amide bonds. The Morgan fingerprint density at radius 1 is 0.706 bits per heavy atom. The van der Waals surface area contributed by atoms with Gasteiger partial charge >= 0.3 is 5.97 Å². The van der Waals surface area contributed by atoms with Gasteiger partial charge in [-0.25, -0.2) is 0 Å². The minimum absolute atomic E-state index is 0.0668. The smallest absolute Gasteiger partial charge is 0.302 e. The molecule has 5 saturated carbocycles. The lowest BCUT2D eigenvalue weighted by Crippen LogP contribution is -2.67. The molecule has 0 heterocycles. The zero-order valence-corrected chi connectivity index (χ0v) is 23.9. The molecule has 5 aliphatic carbocycles. The van der Waals surface area contributed by atoms with Crippen LogP contribution >= 0.6 is 0 Å². The number of esters is 1. The maximum absolute atomic E-state index is 11.9. The fraction of sp³-hybridized carbons (Fsp3) is 0.969. The fourth-order valence-corrected chi connectivity index (χ4v) is 12.4. The van der Waals surface area contributed by atoms with Gasteiger partial charge in [0.15, 0.2) is 0 Å². The van der Waals surface area contributed by atoms with Crippen LogP contribution in [0.15, 0.2) is 0 Å². The Morgan fingerprint density at radius 3 is 1.85 bits per heavy atom. The SMILES string of the molecule is CC(=O)O[C@H]1CC[C@]2(C)[C@H]3CC[C@@H]4[C@@]5(C)CC[C@H](C(C)C)[C@@H]5CC[C@@]4(C)[C@]3(C)CC[C@H]2C1(C)C. The number of hydrogen-bond donors (Lipinski definition) is 0. The maximum Gasteiger partial charge on any atom is 0.302 e. The van der Waals surface area contributed by atoms with Crippen LogP contribution in [0.2, 0.25) is 0 Å². The van der Waals surface area contributed by atoms with Crippen molar-refractivity contribution in [2.24, 2.45) is 62.6 Å². The van der Waals surface area contributed by atoms with Gasteiger partial charge in [-0.1, -0.05) is 55.4 Å². The molecule has 0 saturated heterocycles. The molecule has 0 aliphatic heterocycles. The van der Waals surface area contributed by atoms with Crippen molar-refractivity contribution >= 4 is 5.97 Å². The van der Waals surface area contributed by atoms with Crippen LogP contribution in [-0.2, 0) is 9.53 Å². The average molecular weight is 471 g/mol. The molecular weight excluding hydrogens is 416 g/mol. The van der Waals surface area contributed by atoms with Crippen LogP contribution < -0.4 is 0 Å². The van der Waals surface area contributed by atoms with Crippen LogP contribution in [0.25, 0.3) is 0 Å². The Labute approximate surface area is 210 Å². The van der Waals surface area contributed by atoms with Crippen molar-refractivity contribution in [2.45, 2.75) is 133 Å². The van der Waals surface area contributed by atoms with Crippen molar-refractivity contribution in [3.8, 4) is 0 Å². The highest BCUT2D eigenvalue weighted by Gasteiger charge is 2.71. The standard InChI is InChI=1S/C32H54O2/c1-20(2)22-12-16-29(6)23(22)13-18-31(8)25(29)10-11-26-30(7)17-15-27(34-21(3)33)28(4,5)24(30)14-19-32(26,31)9/h20,22-27H,10-19H2,1-9H3/t22-,23+,24+,25-,26-,27+,29+,30+,31-,32-/m1/s1. The predicted molar refractivity (Wildman–Crippen MR) is 140 cm³/mol. The summed E-state index contributed by atoms with van der Waals surface area (Å²) >= 11 is 0. The largest absolute Gasteiger partial charge is 0.462 e. The summed E-state index contributed by atoms with van der Waals surface area (Å²) in [5.41, 5.74) is 1.90. The van der Waals surface area contributed by atoms with Crippen molar-refractivity contribution < 1.29 is 9.53 Å². The number of carbonyl (C=O) groups excluding carboxylic acids is 1. The lowest BCUT2D eigenvalue weighted by molar-refractivity contribution is -0.253. The van der Waals surface area contributed by atoms with Crippen LogP contribution in [0.3, 0.4) is 0 Å². The van der Waals surface area contributed by atoms with Crippen molar-refractivity contribution in [3.63, 3.8) is 0 Å². The molecule has 2 nitrogen and oxygen atoms in total. The highest BCUT2D eigenvalue weighted by molar-refractivity contribution is 5.66. The highest BCUT2D eigenvalue weighted by atomic mass is 16.5. The molecule has 34 heavy (non-hydrogen) atoms. The topological polar surface area (TPSA) is 26.3 Å². The first-order chi connectivity index (χ1) is 15.7. The van der Waals surface area contributed by atoms with E-state index in [9.17, 15) is 4.79 Å². The van der Waals surface area contributed by atoms with Gasteiger partial charge < -0.3 is 4.74 Å². The van der Waals surface area contributed by atoms with Crippen LogP contribution in [-0.4, -0.2) is 12.1 Å². The van der Waals surface area contributed by atoms with Crippen molar-refractivity contribution in [1.29, 1.82) is 0 Å². The molecule has 0 spiro atoms. The molecule has 2 heteroatoms. The molecule has 0 radical (unpaired) electrons. The van der Waals surface area contributed by atoms with Gasteiger partial charge in [0.2, 0.25) is 0 Å². The summed E-state index contributed by atoms with van der Waals surface area (Å²) in [4.78, 5) is 11.9. The van der Waals surface area contributed by atoms with Gasteiger partial charge in [0, 0.05) is 12.3 Å². The second kappa shape index (κ2) is 7.74. The van der Waals surface area contributed by atoms with E-state index in [1.54, 1.807) is 6.92 Å². The van der Waals surface area contributed by atoms with E-state index >= 15 is 0 Å². The zero-order chi connectivity index (χ0) is 24.9. The van der Waals surface area contributed by atoms with Gasteiger partial charge in [0.05, 0.1) is 0 Å². The molecule has 5 fully saturated rings. The molecule has 10 atom stereocenters. The number of carbonyl (C=O) groups is 1. The predicted octanol–water partition coefficient (Wildman–Crippen LogP) is 8.68. The second-order valence-corrected chi connectivity index (χ2v) is 15.7. The van der Waals surface area contributed by atoms with Crippen LogP contribution in [0.1, 0.15) is 127 Å². The van der Waals surface area contributed by atoms with Crippen LogP contribution in [0.5, 0.6) is 0 Å². The van der Waals surface area contributed by atoms with E-state index in [1.807, 2.05) is 0 Å². The lowest BCUT2D eigenvalue weighted by atomic mass is 9.32. The normalized spacial score (nSPS) is 53.9. The number of fused-ring (bicyclic) bond motifs is 7. The quantitative estimate of drug-likeness (QED) is 0.377. The number of ether oxygens (including phenoxy) is 1. The molecule has 0 aromatic carbocycles. The van der Waals surface area contributed by atoms with Crippen molar-refractivity contribution in [2.75, 3.05) is 0 Å². The van der Waals surface area contributed by atoms with Gasteiger partial charge in [-0.05, 0) is 121 Å². The average Bonchev–Trinajstić information content (AvgIpc) is 3.08. The zero-order valence-electron chi connectivity index (χ0n) is 23.9. The fourth-order valence-electron chi connectivity index (χ4n) is 12.4. The summed E-state index contributed by atoms with van der Waals surface area (Å²) in [7, 11) is 0. The Hall–Kier alpha value is -0.530. The summed E-state index contributed by atoms with van der Waals surface area (Å²) in [6.45, 7) is 22.3. The van der Waals surface area contributed by atoms with Gasteiger partial charge in [0.1, 0.15) is 6.10 Å². The first kappa shape index (κ1) is 25.1. The van der Waals surface area contributed by atoms with Gasteiger partial charge in [-0.2, -0.15) is 0 Å². The Kier molecular flexibility index (Phi) is 5.72. The summed E-state index contributed by atoms with van der Waals surface area (Å²) in [6, 6.07) is 0. The van der Waals surface area contributed by atoms with E-state index in [1.165, 1.54) is 57.8 Å². The molecule has 5 rings (SSSR count). The van der Waals surface area contributed by atoms with E-state index in [0.29, 0.717) is 27.6 Å². The third-order valence-electron chi connectivity index (χ3n) is 14.1. The Morgan fingerprint density at radius 2 is 1.26 bits per heavy atom. The van der Waals surface area contributed by atoms with Gasteiger partial charge in [0.25, 0.3) is 0 Å². The monoisotopic (exact) mass is 470 g/mol. The summed E-state index contributed by atoms with van der Waals surface area (Å²) in [5, 5.41) is 0. The molecule has 0 aromatic heterocycles. The van der Waals surface area contributed by atoms with Gasteiger partial charge in [-0.15, -0.1) is 0 Å². The van der Waals surface area contributed by atoms with E-state index in [4.69, 9.17) is 4.74 Å². The first-order valence-electron chi connectivity index (χ1n) is 14.9. The lowest BCUT2D eigenvalue weighted by Gasteiger charge is -2.73. The third-order valence-corrected chi connectivity index (χ3v) is 14.1. The van der Waals surface area contributed by atoms with Crippen molar-refractivity contribution in [1.82, 2.24) is 0 Å². The number of rotatable bonds is 2. The molecular formula is C32H54O2. The molecule has 0 bridgehead atoms. The summed E-state index contributed by atoms with van der Waals surface area (Å²) in [5.74, 6) is 5.00. The van der Waals surface area contributed by atoms with E-state index in [2.05, 4.69) is 55.4 Å². The first-order valence-corrected chi connectivity index (χ1v) is 14.9. The van der Waals surface area contributed by atoms with E-state index in [0.717, 1.165) is 36.0 Å². The summed E-state index contributed by atoms with van der Waals surface area (Å²) < 4.78 is 5.92. The van der Waals surface area contributed by atoms with Gasteiger partial charge in [-0.3, -0.25) is 4.79 Å². The molecule has 0 aromatic rings. The van der Waals surface area contributed by atoms with Crippen LogP contribution in [0, 0.1) is 62.6 Å². The Bertz CT molecular complexity index is 829. The second-order valence-electron chi connectivity index (χ2n) is 15.7. The van der Waals surface area contributed by atoms with E-state index < -0.39 is 0 Å². The highest BCUT2D eigenvalue weighted by Crippen LogP contribution is 2.78. The molecule has 0 N–H and O–H groups in total. The Balaban J connectivity index is 1.48. The minimum atomic E-state index is -0.100. The molecule has 5 aliphatic rings. The van der Waals surface area contributed by atoms with Crippen molar-refractivity contribution in [3.05, 3.63) is 0 Å². The summed E-state index contributed by atoms with van der Waals surface area (Å²) in [6.07, 6.45) is 13.8. The molecule has 194 valence electrons. The minimum Gasteiger partial charge on any atom is -0.462 e. The maximum atomic E-state index is 11.9. The molecule has 0 unspecified atom stereocenters. The number of hydrogen-bond acceptors (Lipinski definition) is 2. The van der Waals surface area contributed by atoms with Crippen LogP contribution in [0.4, 0.5) is 0 Å².